The summed E-state index contributed by atoms with van der Waals surface area (Å²) in [7, 11) is 1.74. The number of H-pyrrole nitrogens is 2. The van der Waals surface area contributed by atoms with E-state index in [1.165, 1.54) is 50.1 Å². The largest absolute Gasteiger partial charge is 0.380 e. The molecule has 6 heteroatoms. The van der Waals surface area contributed by atoms with E-state index in [0.29, 0.717) is 12.5 Å². The molecule has 5 nitrogen and oxygen atoms in total. The lowest BCUT2D eigenvalue weighted by atomic mass is 9.94. The number of ether oxygens (including phenoxy) is 1. The smallest absolute Gasteiger partial charge is 0.0771 e. The molecule has 0 saturated heterocycles. The third-order valence-corrected chi connectivity index (χ3v) is 10.7. The van der Waals surface area contributed by atoms with Crippen molar-refractivity contribution in [2.24, 2.45) is 0 Å². The summed E-state index contributed by atoms with van der Waals surface area (Å²) in [6.07, 6.45) is 4.33. The first kappa shape index (κ1) is 34.0. The van der Waals surface area contributed by atoms with Crippen LogP contribution in [0.2, 0.25) is 0 Å². The van der Waals surface area contributed by atoms with Crippen molar-refractivity contribution in [3.05, 3.63) is 92.6 Å². The Bertz CT molecular complexity index is 2130. The molecule has 1 aromatic carbocycles. The summed E-state index contributed by atoms with van der Waals surface area (Å²) in [5, 5.41) is 0. The second-order valence-corrected chi connectivity index (χ2v) is 13.4. The van der Waals surface area contributed by atoms with Crippen LogP contribution in [0.15, 0.2) is 36.4 Å². The van der Waals surface area contributed by atoms with Gasteiger partial charge in [-0.1, -0.05) is 52.0 Å². The molecule has 0 unspecified atom stereocenters. The van der Waals surface area contributed by atoms with Crippen LogP contribution in [0, 0.1) is 13.8 Å². The molecule has 250 valence electrons. The number of hydrogen-bond donors (Lipinski definition) is 2. The predicted octanol–water partition coefficient (Wildman–Crippen LogP) is 11.3. The van der Waals surface area contributed by atoms with Crippen molar-refractivity contribution >= 4 is 56.0 Å². The van der Waals surface area contributed by atoms with Crippen molar-refractivity contribution in [2.45, 2.75) is 94.1 Å². The summed E-state index contributed by atoms with van der Waals surface area (Å²) >= 11 is 6.53. The van der Waals surface area contributed by atoms with Crippen LogP contribution in [-0.4, -0.2) is 32.9 Å². The van der Waals surface area contributed by atoms with E-state index in [-0.39, 0.29) is 0 Å². The highest BCUT2D eigenvalue weighted by molar-refractivity contribution is 6.18. The fourth-order valence-electron chi connectivity index (χ4n) is 7.83. The van der Waals surface area contributed by atoms with Gasteiger partial charge in [0.1, 0.15) is 0 Å². The highest BCUT2D eigenvalue weighted by atomic mass is 35.5. The van der Waals surface area contributed by atoms with Gasteiger partial charge in [-0.2, -0.15) is 0 Å². The van der Waals surface area contributed by atoms with Crippen molar-refractivity contribution < 1.29 is 4.74 Å². The minimum atomic E-state index is 0.528. The van der Waals surface area contributed by atoms with E-state index in [4.69, 9.17) is 26.3 Å². The highest BCUT2D eigenvalue weighted by Gasteiger charge is 2.25. The Labute approximate surface area is 290 Å². The van der Waals surface area contributed by atoms with Gasteiger partial charge in [0.2, 0.25) is 0 Å². The molecule has 5 heterocycles. The lowest BCUT2D eigenvalue weighted by molar-refractivity contribution is 0.185. The van der Waals surface area contributed by atoms with Gasteiger partial charge in [0, 0.05) is 40.7 Å². The number of aromatic nitrogens is 4. The quantitative estimate of drug-likeness (QED) is 0.176. The minimum absolute atomic E-state index is 0.528. The number of aromatic amines is 2. The van der Waals surface area contributed by atoms with Crippen LogP contribution in [0.3, 0.4) is 0 Å². The molecule has 0 spiro atoms. The summed E-state index contributed by atoms with van der Waals surface area (Å²) in [5.74, 6) is 0.528. The maximum Gasteiger partial charge on any atom is 0.0771 e. The number of benzene rings is 1. The molecule has 8 bridgehead atoms. The summed E-state index contributed by atoms with van der Waals surface area (Å²) in [6, 6.07) is 13.3. The molecule has 0 aliphatic carbocycles. The molecular formula is C42H49ClN4O. The maximum absolute atomic E-state index is 6.53. The molecule has 0 radical (unpaired) electrons. The maximum atomic E-state index is 6.53. The average Bonchev–Trinajstić information content (AvgIpc) is 3.77. The Morgan fingerprint density at radius 3 is 1.75 bits per heavy atom. The molecular weight excluding hydrogens is 612 g/mol. The monoisotopic (exact) mass is 660 g/mol. The number of methoxy groups -OCH3 is 1. The fourth-order valence-corrected chi connectivity index (χ4v) is 8.01. The Balaban J connectivity index is 1.88. The molecule has 0 fully saturated rings. The zero-order valence-corrected chi connectivity index (χ0v) is 30.9. The molecule has 4 aromatic rings. The molecule has 3 aromatic heterocycles. The van der Waals surface area contributed by atoms with Crippen LogP contribution < -0.4 is 0 Å². The zero-order valence-electron chi connectivity index (χ0n) is 30.1. The minimum Gasteiger partial charge on any atom is -0.380 e. The first-order chi connectivity index (χ1) is 23.2. The summed E-state index contributed by atoms with van der Waals surface area (Å²) in [6.45, 7) is 18.5. The van der Waals surface area contributed by atoms with Crippen LogP contribution >= 0.6 is 11.6 Å². The normalized spacial score (nSPS) is 13.3. The van der Waals surface area contributed by atoms with Gasteiger partial charge in [-0.25, -0.2) is 9.97 Å². The topological polar surface area (TPSA) is 66.6 Å². The zero-order chi connectivity index (χ0) is 34.3. The number of alkyl halides is 1. The molecule has 2 N–H and O–H groups in total. The number of rotatable bonds is 9. The Morgan fingerprint density at radius 2 is 1.21 bits per heavy atom. The van der Waals surface area contributed by atoms with Gasteiger partial charge in [0.15, 0.2) is 0 Å². The van der Waals surface area contributed by atoms with E-state index in [1.807, 2.05) is 0 Å². The van der Waals surface area contributed by atoms with E-state index >= 15 is 0 Å². The summed E-state index contributed by atoms with van der Waals surface area (Å²) in [5.41, 5.74) is 23.4. The molecule has 2 aliphatic rings. The third-order valence-electron chi connectivity index (χ3n) is 10.5. The van der Waals surface area contributed by atoms with Crippen molar-refractivity contribution in [2.75, 3.05) is 13.0 Å². The predicted molar refractivity (Wildman–Crippen MR) is 205 cm³/mol. The standard InChI is InChI=1S/C42H49ClN4O/c1-10-29-23(5)34-20-36-25(7)31(12-3)41(46-36)38(28-16-14-27(15-17-28)22-48-9)42-32(13-4)26(8)37(47-42)21-35-24(6)30(11-2)40(45-35)33(18-19-43)39(29)44-34/h14-17,20-21,44,46H,10-13,18-19,22H2,1-9H3. The Hall–Kier alpha value is -3.93. The van der Waals surface area contributed by atoms with E-state index in [9.17, 15) is 0 Å². The second kappa shape index (κ2) is 13.9. The number of aryl methyl sites for hydroxylation is 5. The molecule has 0 amide bonds. The van der Waals surface area contributed by atoms with Gasteiger partial charge in [-0.05, 0) is 128 Å². The SMILES string of the molecule is CCC1=C(C)c2cc3nc(c(-c4ccc(COC)cc4)c4[nH]c(cc5[nH]c(c(CCCl)c1n2)c(CC)c5C)c(C)c4CC)C(CC)=C3C. The van der Waals surface area contributed by atoms with Crippen molar-refractivity contribution in [3.63, 3.8) is 0 Å². The van der Waals surface area contributed by atoms with Gasteiger partial charge in [0.25, 0.3) is 0 Å². The van der Waals surface area contributed by atoms with Gasteiger partial charge < -0.3 is 14.7 Å². The van der Waals surface area contributed by atoms with Crippen molar-refractivity contribution in [3.8, 4) is 11.1 Å². The lowest BCUT2D eigenvalue weighted by Gasteiger charge is -2.11. The number of nitrogens with one attached hydrogen (secondary N) is 2. The molecule has 6 rings (SSSR count). The molecule has 48 heavy (non-hydrogen) atoms. The van der Waals surface area contributed by atoms with Crippen LogP contribution in [0.1, 0.15) is 111 Å². The summed E-state index contributed by atoms with van der Waals surface area (Å²) in [4.78, 5) is 18.7. The molecule has 0 saturated carbocycles. The number of hydrogen-bond acceptors (Lipinski definition) is 3. The number of halogens is 1. The van der Waals surface area contributed by atoms with Gasteiger partial charge in [-0.3, -0.25) is 0 Å². The van der Waals surface area contributed by atoms with E-state index in [1.54, 1.807) is 7.11 Å². The Kier molecular flexibility index (Phi) is 9.83. The van der Waals surface area contributed by atoms with Crippen LogP contribution in [0.25, 0.3) is 55.5 Å². The number of nitrogens with zero attached hydrogens (tertiary/aromatic N) is 2. The third kappa shape index (κ3) is 5.65. The lowest BCUT2D eigenvalue weighted by Crippen LogP contribution is -1.97. The van der Waals surface area contributed by atoms with Gasteiger partial charge in [-0.15, -0.1) is 11.6 Å². The van der Waals surface area contributed by atoms with E-state index < -0.39 is 0 Å². The van der Waals surface area contributed by atoms with Crippen LogP contribution in [-0.2, 0) is 30.6 Å². The molecule has 2 aliphatic heterocycles. The van der Waals surface area contributed by atoms with Crippen LogP contribution in [0.4, 0.5) is 0 Å². The van der Waals surface area contributed by atoms with E-state index in [0.717, 1.165) is 93.6 Å². The first-order valence-corrected chi connectivity index (χ1v) is 18.1. The van der Waals surface area contributed by atoms with Crippen LogP contribution in [0.5, 0.6) is 0 Å². The van der Waals surface area contributed by atoms with Crippen molar-refractivity contribution in [1.82, 2.24) is 19.9 Å². The van der Waals surface area contributed by atoms with Crippen molar-refractivity contribution in [1.29, 1.82) is 0 Å². The Morgan fingerprint density at radius 1 is 0.667 bits per heavy atom. The van der Waals surface area contributed by atoms with E-state index in [2.05, 4.69) is 102 Å². The summed E-state index contributed by atoms with van der Waals surface area (Å²) < 4.78 is 5.44. The average molecular weight is 661 g/mol. The molecule has 0 atom stereocenters. The number of fused-ring (bicyclic) bond motifs is 8. The van der Waals surface area contributed by atoms with Gasteiger partial charge >= 0.3 is 0 Å². The highest BCUT2D eigenvalue weighted by Crippen LogP contribution is 2.42. The van der Waals surface area contributed by atoms with Gasteiger partial charge in [0.05, 0.1) is 34.9 Å². The second-order valence-electron chi connectivity index (χ2n) is 13.1. The number of allylic oxidation sites excluding steroid dienone is 4. The first-order valence-electron chi connectivity index (χ1n) is 17.5. The fraction of sp³-hybridized carbons (Fsp3) is 0.381.